The summed E-state index contributed by atoms with van der Waals surface area (Å²) in [5.41, 5.74) is 3.97. The summed E-state index contributed by atoms with van der Waals surface area (Å²) >= 11 is 0. The standard InChI is InChI=1S/C19H17NO2/c1-3-16(20-13-8-6-7-12(2)11-13)17-18(21)14-9-4-5-10-15(14)19(17)22/h4-11,21H,3H2,1-2H3. The zero-order chi connectivity index (χ0) is 15.7. The molecule has 0 radical (unpaired) electrons. The topological polar surface area (TPSA) is 49.7 Å². The van der Waals surface area contributed by atoms with Gasteiger partial charge < -0.3 is 5.11 Å². The van der Waals surface area contributed by atoms with E-state index in [9.17, 15) is 9.90 Å². The van der Waals surface area contributed by atoms with Crippen LogP contribution in [0.1, 0.15) is 34.8 Å². The molecule has 1 N–H and O–H groups in total. The highest BCUT2D eigenvalue weighted by Gasteiger charge is 2.31. The maximum absolute atomic E-state index is 12.6. The number of rotatable bonds is 3. The fourth-order valence-corrected chi connectivity index (χ4v) is 2.70. The summed E-state index contributed by atoms with van der Waals surface area (Å²) in [4.78, 5) is 17.1. The fraction of sp³-hybridized carbons (Fsp3) is 0.158. The van der Waals surface area contributed by atoms with E-state index < -0.39 is 0 Å². The fourth-order valence-electron chi connectivity index (χ4n) is 2.70. The molecule has 3 heteroatoms. The summed E-state index contributed by atoms with van der Waals surface area (Å²) < 4.78 is 0. The van der Waals surface area contributed by atoms with Crippen molar-refractivity contribution in [2.24, 2.45) is 4.99 Å². The van der Waals surface area contributed by atoms with Crippen molar-refractivity contribution in [1.82, 2.24) is 0 Å². The highest BCUT2D eigenvalue weighted by Crippen LogP contribution is 2.33. The second-order valence-electron chi connectivity index (χ2n) is 5.35. The molecule has 0 fully saturated rings. The summed E-state index contributed by atoms with van der Waals surface area (Å²) in [6, 6.07) is 14.9. The van der Waals surface area contributed by atoms with Crippen LogP contribution in [0.25, 0.3) is 5.76 Å². The molecular formula is C19H17NO2. The number of aliphatic hydroxyl groups is 1. The van der Waals surface area contributed by atoms with Crippen LogP contribution in [0.4, 0.5) is 5.69 Å². The zero-order valence-electron chi connectivity index (χ0n) is 12.6. The third-order valence-corrected chi connectivity index (χ3v) is 3.78. The molecule has 0 atom stereocenters. The minimum absolute atomic E-state index is 0.0360. The number of ketones is 1. The van der Waals surface area contributed by atoms with Crippen molar-refractivity contribution in [1.29, 1.82) is 0 Å². The number of allylic oxidation sites excluding steroid dienone is 1. The van der Waals surface area contributed by atoms with Gasteiger partial charge in [-0.1, -0.05) is 43.3 Å². The Bertz CT molecular complexity index is 816. The number of fused-ring (bicyclic) bond motifs is 1. The molecule has 2 aromatic rings. The quantitative estimate of drug-likeness (QED) is 0.837. The SMILES string of the molecule is CCC(=Nc1cccc(C)c1)C1=C(O)c2ccccc2C1=O. The van der Waals surface area contributed by atoms with Crippen LogP contribution in [0.5, 0.6) is 0 Å². The summed E-state index contributed by atoms with van der Waals surface area (Å²) in [7, 11) is 0. The molecule has 0 aromatic heterocycles. The zero-order valence-corrected chi connectivity index (χ0v) is 12.6. The first kappa shape index (κ1) is 14.3. The Hall–Kier alpha value is -2.68. The molecule has 0 bridgehead atoms. The number of hydrogen-bond acceptors (Lipinski definition) is 3. The maximum atomic E-state index is 12.6. The largest absolute Gasteiger partial charge is 0.506 e. The summed E-state index contributed by atoms with van der Waals surface area (Å²) in [5, 5.41) is 10.4. The van der Waals surface area contributed by atoms with E-state index in [1.807, 2.05) is 44.2 Å². The minimum Gasteiger partial charge on any atom is -0.506 e. The molecule has 0 spiro atoms. The van der Waals surface area contributed by atoms with E-state index in [1.165, 1.54) is 0 Å². The lowest BCUT2D eigenvalue weighted by atomic mass is 10.0. The van der Waals surface area contributed by atoms with Gasteiger partial charge in [0.2, 0.25) is 0 Å². The molecule has 0 amide bonds. The first-order valence-electron chi connectivity index (χ1n) is 7.33. The van der Waals surface area contributed by atoms with Crippen molar-refractivity contribution >= 4 is 22.9 Å². The van der Waals surface area contributed by atoms with Crippen LogP contribution in [0.3, 0.4) is 0 Å². The molecule has 3 nitrogen and oxygen atoms in total. The molecule has 0 unspecified atom stereocenters. The smallest absolute Gasteiger partial charge is 0.199 e. The van der Waals surface area contributed by atoms with Crippen LogP contribution in [0.15, 0.2) is 59.1 Å². The van der Waals surface area contributed by atoms with Crippen LogP contribution < -0.4 is 0 Å². The van der Waals surface area contributed by atoms with Crippen molar-refractivity contribution in [2.75, 3.05) is 0 Å². The van der Waals surface area contributed by atoms with E-state index in [1.54, 1.807) is 18.2 Å². The van der Waals surface area contributed by atoms with Gasteiger partial charge in [-0.05, 0) is 31.0 Å². The van der Waals surface area contributed by atoms with E-state index in [0.29, 0.717) is 28.8 Å². The number of carbonyl (C=O) groups is 1. The molecular weight excluding hydrogens is 274 g/mol. The predicted molar refractivity (Wildman–Crippen MR) is 88.9 cm³/mol. The number of aryl methyl sites for hydroxylation is 1. The lowest BCUT2D eigenvalue weighted by Gasteiger charge is -2.05. The minimum atomic E-state index is -0.152. The Kier molecular flexibility index (Phi) is 3.63. The number of hydrogen-bond donors (Lipinski definition) is 1. The van der Waals surface area contributed by atoms with Gasteiger partial charge in [0.1, 0.15) is 5.76 Å². The van der Waals surface area contributed by atoms with Gasteiger partial charge in [0.25, 0.3) is 0 Å². The van der Waals surface area contributed by atoms with Crippen molar-refractivity contribution in [3.8, 4) is 0 Å². The number of benzene rings is 2. The molecule has 3 rings (SSSR count). The predicted octanol–water partition coefficient (Wildman–Crippen LogP) is 4.64. The molecule has 2 aromatic carbocycles. The van der Waals surface area contributed by atoms with Gasteiger partial charge in [0.15, 0.2) is 5.78 Å². The summed E-state index contributed by atoms with van der Waals surface area (Å²) in [5.74, 6) is -0.116. The average Bonchev–Trinajstić information content (AvgIpc) is 2.77. The molecule has 0 saturated heterocycles. The number of aliphatic hydroxyl groups excluding tert-OH is 1. The average molecular weight is 291 g/mol. The Morgan fingerprint density at radius 2 is 1.82 bits per heavy atom. The highest BCUT2D eigenvalue weighted by atomic mass is 16.3. The van der Waals surface area contributed by atoms with Crippen LogP contribution in [0.2, 0.25) is 0 Å². The molecule has 110 valence electrons. The second-order valence-corrected chi connectivity index (χ2v) is 5.35. The second kappa shape index (κ2) is 5.60. The van der Waals surface area contributed by atoms with E-state index in [-0.39, 0.29) is 11.5 Å². The van der Waals surface area contributed by atoms with E-state index in [0.717, 1.165) is 11.3 Å². The normalized spacial score (nSPS) is 14.5. The first-order chi connectivity index (χ1) is 10.6. The number of carbonyl (C=O) groups excluding carboxylic acids is 1. The van der Waals surface area contributed by atoms with E-state index in [2.05, 4.69) is 4.99 Å². The summed E-state index contributed by atoms with van der Waals surface area (Å²) in [6.45, 7) is 3.93. The lowest BCUT2D eigenvalue weighted by Crippen LogP contribution is -2.09. The molecule has 0 aliphatic heterocycles. The number of Topliss-reactive ketones (excluding diaryl/α,β-unsaturated/α-hetero) is 1. The van der Waals surface area contributed by atoms with Crippen molar-refractivity contribution in [3.05, 3.63) is 70.8 Å². The molecule has 0 heterocycles. The van der Waals surface area contributed by atoms with Crippen LogP contribution in [-0.2, 0) is 0 Å². The monoisotopic (exact) mass is 291 g/mol. The molecule has 22 heavy (non-hydrogen) atoms. The van der Waals surface area contributed by atoms with Crippen molar-refractivity contribution in [2.45, 2.75) is 20.3 Å². The van der Waals surface area contributed by atoms with Gasteiger partial charge in [0, 0.05) is 11.1 Å². The first-order valence-corrected chi connectivity index (χ1v) is 7.33. The van der Waals surface area contributed by atoms with Crippen molar-refractivity contribution < 1.29 is 9.90 Å². The lowest BCUT2D eigenvalue weighted by molar-refractivity contribution is 0.104. The highest BCUT2D eigenvalue weighted by molar-refractivity contribution is 6.35. The maximum Gasteiger partial charge on any atom is 0.199 e. The van der Waals surface area contributed by atoms with E-state index in [4.69, 9.17) is 0 Å². The van der Waals surface area contributed by atoms with Crippen LogP contribution >= 0.6 is 0 Å². The van der Waals surface area contributed by atoms with Gasteiger partial charge in [-0.15, -0.1) is 0 Å². The van der Waals surface area contributed by atoms with Gasteiger partial charge in [-0.3, -0.25) is 9.79 Å². The molecule has 1 aliphatic carbocycles. The van der Waals surface area contributed by atoms with E-state index >= 15 is 0 Å². The Morgan fingerprint density at radius 1 is 1.09 bits per heavy atom. The molecule has 1 aliphatic rings. The Labute approximate surface area is 129 Å². The van der Waals surface area contributed by atoms with Crippen molar-refractivity contribution in [3.63, 3.8) is 0 Å². The third kappa shape index (κ3) is 2.35. The Balaban J connectivity index is 2.09. The van der Waals surface area contributed by atoms with Crippen LogP contribution in [0, 0.1) is 6.92 Å². The number of nitrogens with zero attached hydrogens (tertiary/aromatic N) is 1. The number of aliphatic imine (C=N–C) groups is 1. The van der Waals surface area contributed by atoms with Crippen LogP contribution in [-0.4, -0.2) is 16.6 Å². The summed E-state index contributed by atoms with van der Waals surface area (Å²) in [6.07, 6.45) is 0.576. The van der Waals surface area contributed by atoms with Gasteiger partial charge in [0.05, 0.1) is 17.0 Å². The van der Waals surface area contributed by atoms with Gasteiger partial charge >= 0.3 is 0 Å². The molecule has 0 saturated carbocycles. The van der Waals surface area contributed by atoms with Gasteiger partial charge in [-0.2, -0.15) is 0 Å². The Morgan fingerprint density at radius 3 is 2.45 bits per heavy atom. The third-order valence-electron chi connectivity index (χ3n) is 3.78. The van der Waals surface area contributed by atoms with Gasteiger partial charge in [-0.25, -0.2) is 0 Å².